The lowest BCUT2D eigenvalue weighted by molar-refractivity contribution is 0.0709. The van der Waals surface area contributed by atoms with E-state index in [2.05, 4.69) is 60.4 Å². The molecule has 2 N–H and O–H groups in total. The molecule has 3 heterocycles. The molecule has 0 saturated carbocycles. The Morgan fingerprint density at radius 3 is 2.75 bits per heavy atom. The molecule has 5 rings (SSSR count). The van der Waals surface area contributed by atoms with E-state index >= 15 is 0 Å². The number of rotatable bonds is 4. The highest BCUT2D eigenvalue weighted by molar-refractivity contribution is 5.99. The van der Waals surface area contributed by atoms with Gasteiger partial charge in [-0.05, 0) is 56.0 Å². The van der Waals surface area contributed by atoms with Gasteiger partial charge in [0.05, 0.1) is 16.7 Å². The van der Waals surface area contributed by atoms with Crippen molar-refractivity contribution in [3.8, 4) is 11.5 Å². The first kappa shape index (κ1) is 20.8. The third-order valence-corrected chi connectivity index (χ3v) is 6.78. The SMILES string of the molecule is CCc1cc(C(=O)N2CCCC(N)C2)cc2nc(-c3cc4ccccc4n3CC)n(C)c12. The van der Waals surface area contributed by atoms with Crippen LogP contribution in [0.4, 0.5) is 0 Å². The second-order valence-corrected chi connectivity index (χ2v) is 8.84. The van der Waals surface area contributed by atoms with E-state index in [4.69, 9.17) is 10.7 Å². The van der Waals surface area contributed by atoms with Gasteiger partial charge < -0.3 is 19.8 Å². The summed E-state index contributed by atoms with van der Waals surface area (Å²) in [5.74, 6) is 0.990. The number of likely N-dealkylation sites (tertiary alicyclic amines) is 1. The van der Waals surface area contributed by atoms with Crippen LogP contribution < -0.4 is 5.73 Å². The number of amides is 1. The second-order valence-electron chi connectivity index (χ2n) is 8.84. The quantitative estimate of drug-likeness (QED) is 0.525. The summed E-state index contributed by atoms with van der Waals surface area (Å²) in [6.07, 6.45) is 2.79. The Balaban J connectivity index is 1.64. The fraction of sp³-hybridized carbons (Fsp3) is 0.385. The Kier molecular flexibility index (Phi) is 5.25. The van der Waals surface area contributed by atoms with Gasteiger partial charge in [-0.1, -0.05) is 25.1 Å². The Labute approximate surface area is 188 Å². The topological polar surface area (TPSA) is 69.1 Å². The molecule has 1 atom stereocenters. The Morgan fingerprint density at radius 2 is 2.00 bits per heavy atom. The van der Waals surface area contributed by atoms with E-state index in [9.17, 15) is 4.79 Å². The van der Waals surface area contributed by atoms with E-state index in [1.54, 1.807) is 0 Å². The minimum absolute atomic E-state index is 0.0617. The maximum Gasteiger partial charge on any atom is 0.253 e. The van der Waals surface area contributed by atoms with Crippen LogP contribution in [0.5, 0.6) is 0 Å². The normalized spacial score (nSPS) is 16.9. The standard InChI is InChI=1S/C26H31N5O/c1-4-17-13-19(26(32)30-12-8-10-20(27)16-30)14-21-24(17)29(3)25(28-21)23-15-18-9-6-7-11-22(18)31(23)5-2/h6-7,9,11,13-15,20H,4-5,8,10,12,16,27H2,1-3H3. The average molecular weight is 430 g/mol. The van der Waals surface area contributed by atoms with E-state index in [1.165, 1.54) is 10.9 Å². The van der Waals surface area contributed by atoms with Gasteiger partial charge in [0.25, 0.3) is 5.91 Å². The largest absolute Gasteiger partial charge is 0.338 e. The summed E-state index contributed by atoms with van der Waals surface area (Å²) in [4.78, 5) is 20.2. The number of hydrogen-bond acceptors (Lipinski definition) is 3. The lowest BCUT2D eigenvalue weighted by Crippen LogP contribution is -2.45. The molecule has 6 heteroatoms. The monoisotopic (exact) mass is 429 g/mol. The summed E-state index contributed by atoms with van der Waals surface area (Å²) in [6.45, 7) is 6.57. The number of aryl methyl sites for hydroxylation is 3. The zero-order valence-corrected chi connectivity index (χ0v) is 19.1. The van der Waals surface area contributed by atoms with Crippen LogP contribution in [0, 0.1) is 0 Å². The molecule has 1 fully saturated rings. The number of piperidine rings is 1. The summed E-state index contributed by atoms with van der Waals surface area (Å²) in [5, 5.41) is 1.21. The lowest BCUT2D eigenvalue weighted by Gasteiger charge is -2.31. The van der Waals surface area contributed by atoms with Gasteiger partial charge in [0, 0.05) is 49.2 Å². The van der Waals surface area contributed by atoms with Crippen LogP contribution in [0.1, 0.15) is 42.6 Å². The molecule has 2 aromatic carbocycles. The summed E-state index contributed by atoms with van der Waals surface area (Å²) in [7, 11) is 2.08. The molecule has 4 aromatic rings. The molecule has 1 amide bonds. The van der Waals surface area contributed by atoms with Gasteiger partial charge in [0.2, 0.25) is 0 Å². The summed E-state index contributed by atoms with van der Waals surface area (Å²) < 4.78 is 4.49. The molecule has 0 radical (unpaired) electrons. The minimum atomic E-state index is 0.0617. The van der Waals surface area contributed by atoms with Crippen molar-refractivity contribution >= 4 is 27.8 Å². The van der Waals surface area contributed by atoms with Crippen LogP contribution in [0.3, 0.4) is 0 Å². The molecule has 1 aliphatic rings. The lowest BCUT2D eigenvalue weighted by atomic mass is 10.0. The van der Waals surface area contributed by atoms with Crippen molar-refractivity contribution in [1.82, 2.24) is 19.0 Å². The molecule has 32 heavy (non-hydrogen) atoms. The van der Waals surface area contributed by atoms with Crippen LogP contribution in [0.25, 0.3) is 33.5 Å². The predicted molar refractivity (Wildman–Crippen MR) is 130 cm³/mol. The molecule has 1 aliphatic heterocycles. The Bertz CT molecular complexity index is 1310. The first-order valence-corrected chi connectivity index (χ1v) is 11.6. The molecular formula is C26H31N5O. The van der Waals surface area contributed by atoms with E-state index < -0.39 is 0 Å². The fourth-order valence-corrected chi connectivity index (χ4v) is 5.18. The molecule has 1 unspecified atom stereocenters. The van der Waals surface area contributed by atoms with Crippen LogP contribution >= 0.6 is 0 Å². The number of imidazole rings is 1. The van der Waals surface area contributed by atoms with E-state index in [0.29, 0.717) is 12.1 Å². The molecule has 6 nitrogen and oxygen atoms in total. The zero-order valence-electron chi connectivity index (χ0n) is 19.1. The highest BCUT2D eigenvalue weighted by Crippen LogP contribution is 2.32. The molecule has 2 aromatic heterocycles. The van der Waals surface area contributed by atoms with Crippen molar-refractivity contribution in [2.75, 3.05) is 13.1 Å². The number of carbonyl (C=O) groups is 1. The third-order valence-electron chi connectivity index (χ3n) is 6.78. The minimum Gasteiger partial charge on any atom is -0.338 e. The van der Waals surface area contributed by atoms with Gasteiger partial charge in [0.1, 0.15) is 0 Å². The molecule has 0 spiro atoms. The zero-order chi connectivity index (χ0) is 22.4. The molecule has 0 bridgehead atoms. The van der Waals surface area contributed by atoms with Crippen molar-refractivity contribution in [1.29, 1.82) is 0 Å². The van der Waals surface area contributed by atoms with Gasteiger partial charge in [-0.3, -0.25) is 4.79 Å². The van der Waals surface area contributed by atoms with Crippen LogP contribution in [0.15, 0.2) is 42.5 Å². The number of aromatic nitrogens is 3. The van der Waals surface area contributed by atoms with E-state index in [-0.39, 0.29) is 11.9 Å². The van der Waals surface area contributed by atoms with Crippen molar-refractivity contribution in [3.05, 3.63) is 53.6 Å². The maximum atomic E-state index is 13.3. The number of benzene rings is 2. The number of para-hydroxylation sites is 1. The second kappa shape index (κ2) is 8.10. The van der Waals surface area contributed by atoms with Crippen molar-refractivity contribution in [2.45, 2.75) is 45.7 Å². The van der Waals surface area contributed by atoms with Crippen molar-refractivity contribution in [3.63, 3.8) is 0 Å². The molecule has 1 saturated heterocycles. The smallest absolute Gasteiger partial charge is 0.253 e. The first-order valence-electron chi connectivity index (χ1n) is 11.6. The molecular weight excluding hydrogens is 398 g/mol. The molecule has 0 aliphatic carbocycles. The average Bonchev–Trinajstić information content (AvgIpc) is 3.35. The first-order chi connectivity index (χ1) is 15.5. The van der Waals surface area contributed by atoms with E-state index in [0.717, 1.165) is 60.5 Å². The Morgan fingerprint density at radius 1 is 1.19 bits per heavy atom. The van der Waals surface area contributed by atoms with Crippen molar-refractivity contribution in [2.24, 2.45) is 12.8 Å². The fourth-order valence-electron chi connectivity index (χ4n) is 5.18. The summed E-state index contributed by atoms with van der Waals surface area (Å²) in [6, 6.07) is 14.7. The highest BCUT2D eigenvalue weighted by atomic mass is 16.2. The summed E-state index contributed by atoms with van der Waals surface area (Å²) in [5.41, 5.74) is 12.3. The number of fused-ring (bicyclic) bond motifs is 2. The summed E-state index contributed by atoms with van der Waals surface area (Å²) >= 11 is 0. The number of hydrogen-bond donors (Lipinski definition) is 1. The van der Waals surface area contributed by atoms with Gasteiger partial charge in [-0.25, -0.2) is 4.98 Å². The maximum absolute atomic E-state index is 13.3. The third kappa shape index (κ3) is 3.30. The number of nitrogens with zero attached hydrogens (tertiary/aromatic N) is 4. The highest BCUT2D eigenvalue weighted by Gasteiger charge is 2.24. The van der Waals surface area contributed by atoms with Crippen LogP contribution in [0.2, 0.25) is 0 Å². The van der Waals surface area contributed by atoms with Gasteiger partial charge >= 0.3 is 0 Å². The van der Waals surface area contributed by atoms with Gasteiger partial charge in [-0.15, -0.1) is 0 Å². The van der Waals surface area contributed by atoms with Crippen LogP contribution in [-0.4, -0.2) is 44.1 Å². The van der Waals surface area contributed by atoms with Crippen molar-refractivity contribution < 1.29 is 4.79 Å². The number of carbonyl (C=O) groups excluding carboxylic acids is 1. The van der Waals surface area contributed by atoms with Gasteiger partial charge in [0.15, 0.2) is 5.82 Å². The Hall–Kier alpha value is -3.12. The predicted octanol–water partition coefficient (Wildman–Crippen LogP) is 4.34. The molecule has 166 valence electrons. The van der Waals surface area contributed by atoms with Crippen LogP contribution in [-0.2, 0) is 20.0 Å². The van der Waals surface area contributed by atoms with Gasteiger partial charge in [-0.2, -0.15) is 0 Å². The number of nitrogens with two attached hydrogens (primary N) is 1. The van der Waals surface area contributed by atoms with E-state index in [1.807, 2.05) is 17.0 Å².